The van der Waals surface area contributed by atoms with Crippen molar-refractivity contribution < 1.29 is 23.7 Å². The number of rotatable bonds is 10. The van der Waals surface area contributed by atoms with Gasteiger partial charge in [-0.1, -0.05) is 26.0 Å². The predicted molar refractivity (Wildman–Crippen MR) is 163 cm³/mol. The highest BCUT2D eigenvalue weighted by molar-refractivity contribution is 9.10. The molecule has 0 fully saturated rings. The van der Waals surface area contributed by atoms with E-state index in [0.29, 0.717) is 44.9 Å². The van der Waals surface area contributed by atoms with Gasteiger partial charge in [-0.05, 0) is 88.8 Å². The van der Waals surface area contributed by atoms with E-state index >= 15 is 0 Å². The lowest BCUT2D eigenvalue weighted by Crippen LogP contribution is -2.21. The fourth-order valence-corrected chi connectivity index (χ4v) is 4.93. The first kappa shape index (κ1) is 29.8. The van der Waals surface area contributed by atoms with Crippen molar-refractivity contribution in [2.75, 3.05) is 27.4 Å². The van der Waals surface area contributed by atoms with E-state index in [2.05, 4.69) is 39.6 Å². The molecular weight excluding hydrogens is 590 g/mol. The highest BCUT2D eigenvalue weighted by Gasteiger charge is 2.19. The van der Waals surface area contributed by atoms with E-state index < -0.39 is 5.97 Å². The number of ether oxygens (including phenoxy) is 4. The van der Waals surface area contributed by atoms with E-state index in [4.69, 9.17) is 19.2 Å². The summed E-state index contributed by atoms with van der Waals surface area (Å²) in [6.07, 6.45) is 1.56. The Hall–Kier alpha value is -4.18. The Morgan fingerprint density at radius 3 is 2.54 bits per heavy atom. The Labute approximate surface area is 246 Å². The first-order valence-corrected chi connectivity index (χ1v) is 13.9. The maximum absolute atomic E-state index is 13.8. The van der Waals surface area contributed by atoms with E-state index in [0.717, 1.165) is 22.4 Å². The van der Waals surface area contributed by atoms with Gasteiger partial charge in [0.15, 0.2) is 23.9 Å². The largest absolute Gasteiger partial charge is 0.496 e. The van der Waals surface area contributed by atoms with E-state index in [9.17, 15) is 9.59 Å². The zero-order valence-electron chi connectivity index (χ0n) is 23.9. The molecule has 0 atom stereocenters. The lowest BCUT2D eigenvalue weighted by Gasteiger charge is -2.17. The van der Waals surface area contributed by atoms with Gasteiger partial charge in [0.2, 0.25) is 0 Å². The molecule has 0 N–H and O–H groups in total. The zero-order valence-corrected chi connectivity index (χ0v) is 25.4. The van der Waals surface area contributed by atoms with Crippen LogP contribution in [0.3, 0.4) is 0 Å². The molecule has 0 aliphatic carbocycles. The van der Waals surface area contributed by atoms with E-state index in [1.54, 1.807) is 37.6 Å². The summed E-state index contributed by atoms with van der Waals surface area (Å²) in [7, 11) is 2.94. The first-order chi connectivity index (χ1) is 19.7. The van der Waals surface area contributed by atoms with Crippen LogP contribution in [0, 0.1) is 6.92 Å². The van der Waals surface area contributed by atoms with Gasteiger partial charge >= 0.3 is 5.97 Å². The fraction of sp³-hybridized carbons (Fsp3) is 0.290. The number of carbonyl (C=O) groups is 1. The van der Waals surface area contributed by atoms with Crippen molar-refractivity contribution in [1.29, 1.82) is 0 Å². The Morgan fingerprint density at radius 2 is 1.85 bits per heavy atom. The van der Waals surface area contributed by atoms with Crippen LogP contribution in [0.1, 0.15) is 43.4 Å². The fourth-order valence-electron chi connectivity index (χ4n) is 4.35. The molecule has 4 aromatic rings. The van der Waals surface area contributed by atoms with Gasteiger partial charge in [-0.25, -0.2) is 9.78 Å². The van der Waals surface area contributed by atoms with Crippen molar-refractivity contribution in [3.8, 4) is 28.6 Å². The number of halogens is 1. The second kappa shape index (κ2) is 13.0. The van der Waals surface area contributed by atoms with Gasteiger partial charge in [-0.2, -0.15) is 9.78 Å². The number of aryl methyl sites for hydroxylation is 1. The number of carbonyl (C=O) groups excluding carboxylic acids is 1. The minimum atomic E-state index is -0.518. The average Bonchev–Trinajstić information content (AvgIpc) is 2.95. The van der Waals surface area contributed by atoms with Crippen LogP contribution in [-0.4, -0.2) is 49.3 Å². The molecule has 214 valence electrons. The summed E-state index contributed by atoms with van der Waals surface area (Å²) < 4.78 is 23.6. The number of benzene rings is 3. The number of nitrogens with zero attached hydrogens (tertiary/aromatic N) is 3. The van der Waals surface area contributed by atoms with E-state index in [-0.39, 0.29) is 18.1 Å². The van der Waals surface area contributed by atoms with Crippen LogP contribution in [0.4, 0.5) is 0 Å². The van der Waals surface area contributed by atoms with Gasteiger partial charge in [0.05, 0.1) is 42.4 Å². The minimum Gasteiger partial charge on any atom is -0.496 e. The molecule has 0 amide bonds. The van der Waals surface area contributed by atoms with Crippen molar-refractivity contribution in [2.45, 2.75) is 33.6 Å². The van der Waals surface area contributed by atoms with Crippen LogP contribution in [0.2, 0.25) is 0 Å². The third-order valence-electron chi connectivity index (χ3n) is 6.41. The number of aromatic nitrogens is 2. The average molecular weight is 623 g/mol. The van der Waals surface area contributed by atoms with Gasteiger partial charge in [-0.3, -0.25) is 4.79 Å². The molecule has 0 spiro atoms. The summed E-state index contributed by atoms with van der Waals surface area (Å²) in [4.78, 5) is 30.2. The molecule has 3 aromatic carbocycles. The van der Waals surface area contributed by atoms with E-state index in [1.807, 2.05) is 38.1 Å². The summed E-state index contributed by atoms with van der Waals surface area (Å²) in [6, 6.07) is 14.6. The van der Waals surface area contributed by atoms with Gasteiger partial charge in [0.25, 0.3) is 5.56 Å². The molecule has 41 heavy (non-hydrogen) atoms. The number of hydrogen-bond donors (Lipinski definition) is 0. The predicted octanol–water partition coefficient (Wildman–Crippen LogP) is 6.10. The highest BCUT2D eigenvalue weighted by Crippen LogP contribution is 2.37. The van der Waals surface area contributed by atoms with Gasteiger partial charge < -0.3 is 18.9 Å². The summed E-state index contributed by atoms with van der Waals surface area (Å²) in [5, 5.41) is 5.06. The van der Waals surface area contributed by atoms with Crippen molar-refractivity contribution in [3.05, 3.63) is 80.0 Å². The molecule has 0 radical (unpaired) electrons. The van der Waals surface area contributed by atoms with Crippen LogP contribution in [0.15, 0.2) is 62.9 Å². The van der Waals surface area contributed by atoms with Crippen molar-refractivity contribution in [1.82, 2.24) is 9.66 Å². The molecule has 0 bridgehead atoms. The Balaban J connectivity index is 1.88. The SMILES string of the molecule is CCOc1cc(C=Nn2c(-c3cc(C(C)C)c(OC)cc3C)nc3ccccc3c2=O)cc(Br)c1OCC(=O)OC. The summed E-state index contributed by atoms with van der Waals surface area (Å²) in [6.45, 7) is 8.06. The Kier molecular flexibility index (Phi) is 9.44. The quantitative estimate of drug-likeness (QED) is 0.156. The van der Waals surface area contributed by atoms with Crippen LogP contribution < -0.4 is 19.8 Å². The van der Waals surface area contributed by atoms with Crippen LogP contribution in [0.25, 0.3) is 22.3 Å². The molecule has 0 aliphatic heterocycles. The molecule has 0 unspecified atom stereocenters. The lowest BCUT2D eigenvalue weighted by molar-refractivity contribution is -0.142. The Bertz CT molecular complexity index is 1680. The minimum absolute atomic E-state index is 0.183. The number of esters is 1. The molecule has 1 aromatic heterocycles. The number of hydrogen-bond acceptors (Lipinski definition) is 8. The van der Waals surface area contributed by atoms with Gasteiger partial charge in [-0.15, -0.1) is 0 Å². The van der Waals surface area contributed by atoms with Gasteiger partial charge in [0.1, 0.15) is 5.75 Å². The second-order valence-electron chi connectivity index (χ2n) is 9.51. The molecule has 10 heteroatoms. The van der Waals surface area contributed by atoms with Crippen LogP contribution in [-0.2, 0) is 9.53 Å². The zero-order chi connectivity index (χ0) is 29.7. The molecule has 0 saturated carbocycles. The number of methoxy groups -OCH3 is 2. The first-order valence-electron chi connectivity index (χ1n) is 13.1. The summed E-state index contributed by atoms with van der Waals surface area (Å²) in [5.74, 6) is 1.62. The molecule has 4 rings (SSSR count). The number of fused-ring (bicyclic) bond motifs is 1. The van der Waals surface area contributed by atoms with Gasteiger partial charge in [0, 0.05) is 5.56 Å². The molecule has 0 saturated heterocycles. The molecular formula is C31H32BrN3O6. The standard InChI is InChI=1S/C31H32BrN3O6/c1-7-40-27-14-20(13-24(32)29(27)41-17-28(36)39-6)16-33-35-30(34-25-11-9-8-10-21(25)31(35)37)23-15-22(18(2)3)26(38-5)12-19(23)4/h8-16,18H,7,17H2,1-6H3. The van der Waals surface area contributed by atoms with Crippen molar-refractivity contribution in [3.63, 3.8) is 0 Å². The normalized spacial score (nSPS) is 11.3. The van der Waals surface area contributed by atoms with Crippen molar-refractivity contribution in [2.24, 2.45) is 5.10 Å². The van der Waals surface area contributed by atoms with Crippen LogP contribution in [0.5, 0.6) is 17.2 Å². The third-order valence-corrected chi connectivity index (χ3v) is 7.00. The molecule has 0 aliphatic rings. The molecule has 1 heterocycles. The van der Waals surface area contributed by atoms with Crippen LogP contribution >= 0.6 is 15.9 Å². The maximum atomic E-state index is 13.8. The van der Waals surface area contributed by atoms with E-state index in [1.165, 1.54) is 11.8 Å². The Morgan fingerprint density at radius 1 is 1.10 bits per heavy atom. The maximum Gasteiger partial charge on any atom is 0.343 e. The number of para-hydroxylation sites is 1. The molecule has 9 nitrogen and oxygen atoms in total. The smallest absolute Gasteiger partial charge is 0.343 e. The summed E-state index contributed by atoms with van der Waals surface area (Å²) >= 11 is 3.50. The highest BCUT2D eigenvalue weighted by atomic mass is 79.9. The second-order valence-corrected chi connectivity index (χ2v) is 10.4. The monoisotopic (exact) mass is 621 g/mol. The summed E-state index contributed by atoms with van der Waals surface area (Å²) in [5.41, 5.74) is 3.58. The third kappa shape index (κ3) is 6.43. The lowest BCUT2D eigenvalue weighted by atomic mass is 9.96. The van der Waals surface area contributed by atoms with Crippen molar-refractivity contribution >= 4 is 39.0 Å². The topological polar surface area (TPSA) is 101 Å².